The number of carbonyl (C=O) groups is 2. The van der Waals surface area contributed by atoms with Crippen LogP contribution in [0.5, 0.6) is 0 Å². The van der Waals surface area contributed by atoms with E-state index in [-0.39, 0.29) is 28.2 Å². The summed E-state index contributed by atoms with van der Waals surface area (Å²) < 4.78 is 27.0. The fraction of sp³-hybridized carbons (Fsp3) is 0.391. The number of rotatable bonds is 8. The molecule has 0 saturated heterocycles. The van der Waals surface area contributed by atoms with Crippen LogP contribution in [0.2, 0.25) is 10.0 Å². The maximum atomic E-state index is 13.5. The molecule has 34 heavy (non-hydrogen) atoms. The largest absolute Gasteiger partial charge is 0.350 e. The van der Waals surface area contributed by atoms with Crippen molar-refractivity contribution >= 4 is 66.7 Å². The van der Waals surface area contributed by atoms with Crippen molar-refractivity contribution in [3.63, 3.8) is 0 Å². The Morgan fingerprint density at radius 2 is 1.59 bits per heavy atom. The molecule has 0 aliphatic rings. The van der Waals surface area contributed by atoms with Gasteiger partial charge in [0.2, 0.25) is 21.8 Å². The van der Waals surface area contributed by atoms with Crippen LogP contribution in [0.15, 0.2) is 46.9 Å². The molecule has 0 spiro atoms. The molecule has 0 heterocycles. The van der Waals surface area contributed by atoms with Gasteiger partial charge in [0, 0.05) is 26.6 Å². The smallest absolute Gasteiger partial charge is 0.244 e. The average Bonchev–Trinajstić information content (AvgIpc) is 2.68. The van der Waals surface area contributed by atoms with E-state index in [0.29, 0.717) is 0 Å². The molecule has 0 aliphatic carbocycles. The zero-order valence-electron chi connectivity index (χ0n) is 19.6. The zero-order valence-corrected chi connectivity index (χ0v) is 23.5. The van der Waals surface area contributed by atoms with Gasteiger partial charge in [0.05, 0.1) is 11.9 Å². The molecule has 2 aromatic rings. The van der Waals surface area contributed by atoms with Crippen LogP contribution in [0, 0.1) is 0 Å². The van der Waals surface area contributed by atoms with Crippen LogP contribution < -0.4 is 9.62 Å². The second-order valence-corrected chi connectivity index (χ2v) is 12.7. The van der Waals surface area contributed by atoms with Crippen molar-refractivity contribution in [2.75, 3.05) is 17.1 Å². The molecule has 2 rings (SSSR count). The van der Waals surface area contributed by atoms with E-state index in [1.54, 1.807) is 6.92 Å². The molecule has 2 amide bonds. The van der Waals surface area contributed by atoms with Crippen molar-refractivity contribution in [3.8, 4) is 0 Å². The summed E-state index contributed by atoms with van der Waals surface area (Å²) in [6, 6.07) is 10.7. The standard InChI is InChI=1S/C23H28BrCl2N3O4S/c1-15(22(31)27-23(2,3)4)28(13-16-6-8-17(24)9-7-16)21(30)14-29(34(5,32)33)20-11-18(25)10-19(26)12-20/h6-12,15H,13-14H2,1-5H3,(H,27,31)/t15-/m1/s1. The van der Waals surface area contributed by atoms with Gasteiger partial charge >= 0.3 is 0 Å². The Morgan fingerprint density at radius 3 is 2.06 bits per heavy atom. The van der Waals surface area contributed by atoms with E-state index in [1.165, 1.54) is 23.1 Å². The van der Waals surface area contributed by atoms with Crippen molar-refractivity contribution in [3.05, 3.63) is 62.5 Å². The third-order valence-electron chi connectivity index (χ3n) is 4.75. The first-order chi connectivity index (χ1) is 15.6. The molecular weight excluding hydrogens is 565 g/mol. The predicted octanol–water partition coefficient (Wildman–Crippen LogP) is 4.85. The van der Waals surface area contributed by atoms with E-state index >= 15 is 0 Å². The molecule has 0 bridgehead atoms. The molecule has 0 radical (unpaired) electrons. The van der Waals surface area contributed by atoms with Gasteiger partial charge in [0.1, 0.15) is 12.6 Å². The second-order valence-electron chi connectivity index (χ2n) is 8.96. The summed E-state index contributed by atoms with van der Waals surface area (Å²) >= 11 is 15.5. The van der Waals surface area contributed by atoms with Gasteiger partial charge in [0.25, 0.3) is 0 Å². The Hall–Kier alpha value is -1.81. The first kappa shape index (κ1) is 28.4. The van der Waals surface area contributed by atoms with Gasteiger partial charge in [-0.3, -0.25) is 13.9 Å². The third-order valence-corrected chi connectivity index (χ3v) is 6.85. The SMILES string of the molecule is C[C@H](C(=O)NC(C)(C)C)N(Cc1ccc(Br)cc1)C(=O)CN(c1cc(Cl)cc(Cl)c1)S(C)(=O)=O. The maximum absolute atomic E-state index is 13.5. The highest BCUT2D eigenvalue weighted by Gasteiger charge is 2.31. The van der Waals surface area contributed by atoms with Gasteiger partial charge < -0.3 is 10.2 Å². The number of nitrogens with zero attached hydrogens (tertiary/aromatic N) is 2. The predicted molar refractivity (Wildman–Crippen MR) is 141 cm³/mol. The van der Waals surface area contributed by atoms with E-state index < -0.39 is 34.1 Å². The molecule has 0 aliphatic heterocycles. The summed E-state index contributed by atoms with van der Waals surface area (Å²) in [6.07, 6.45) is 0.990. The molecule has 0 fully saturated rings. The fourth-order valence-electron chi connectivity index (χ4n) is 3.14. The zero-order chi connectivity index (χ0) is 25.8. The lowest BCUT2D eigenvalue weighted by atomic mass is 10.1. The fourth-order valence-corrected chi connectivity index (χ4v) is 4.75. The van der Waals surface area contributed by atoms with E-state index in [0.717, 1.165) is 20.6 Å². The number of sulfonamides is 1. The first-order valence-corrected chi connectivity index (χ1v) is 13.8. The number of amides is 2. The third kappa shape index (κ3) is 8.45. The molecule has 0 unspecified atom stereocenters. The summed E-state index contributed by atoms with van der Waals surface area (Å²) in [6.45, 7) is 6.71. The van der Waals surface area contributed by atoms with Crippen molar-refractivity contribution in [1.82, 2.24) is 10.2 Å². The summed E-state index contributed by atoms with van der Waals surface area (Å²) in [4.78, 5) is 27.8. The molecule has 1 N–H and O–H groups in total. The minimum absolute atomic E-state index is 0.110. The molecule has 7 nitrogen and oxygen atoms in total. The monoisotopic (exact) mass is 591 g/mol. The number of hydrogen-bond donors (Lipinski definition) is 1. The second kappa shape index (κ2) is 11.3. The first-order valence-electron chi connectivity index (χ1n) is 10.4. The van der Waals surface area contributed by atoms with Crippen LogP contribution >= 0.6 is 39.1 Å². The highest BCUT2D eigenvalue weighted by atomic mass is 79.9. The van der Waals surface area contributed by atoms with Gasteiger partial charge in [0.15, 0.2) is 0 Å². The number of nitrogens with one attached hydrogen (secondary N) is 1. The molecule has 1 atom stereocenters. The van der Waals surface area contributed by atoms with Crippen molar-refractivity contribution < 1.29 is 18.0 Å². The topological polar surface area (TPSA) is 86.8 Å². The lowest BCUT2D eigenvalue weighted by Gasteiger charge is -2.33. The summed E-state index contributed by atoms with van der Waals surface area (Å²) in [7, 11) is -3.87. The van der Waals surface area contributed by atoms with Crippen LogP contribution in [0.1, 0.15) is 33.3 Å². The Morgan fingerprint density at radius 1 is 1.06 bits per heavy atom. The van der Waals surface area contributed by atoms with E-state index in [4.69, 9.17) is 23.2 Å². The average molecular weight is 593 g/mol. The molecule has 2 aromatic carbocycles. The number of anilines is 1. The molecular formula is C23H28BrCl2N3O4S. The lowest BCUT2D eigenvalue weighted by molar-refractivity contribution is -0.140. The van der Waals surface area contributed by atoms with Gasteiger partial charge in [-0.15, -0.1) is 0 Å². The molecule has 0 saturated carbocycles. The maximum Gasteiger partial charge on any atom is 0.244 e. The highest BCUT2D eigenvalue weighted by molar-refractivity contribution is 9.10. The number of benzene rings is 2. The van der Waals surface area contributed by atoms with Gasteiger partial charge in [-0.1, -0.05) is 51.3 Å². The van der Waals surface area contributed by atoms with Gasteiger partial charge in [-0.05, 0) is 63.6 Å². The summed E-state index contributed by atoms with van der Waals surface area (Å²) in [5, 5.41) is 3.33. The van der Waals surface area contributed by atoms with Crippen LogP contribution in [0.25, 0.3) is 0 Å². The van der Waals surface area contributed by atoms with Crippen molar-refractivity contribution in [2.45, 2.75) is 45.8 Å². The van der Waals surface area contributed by atoms with Crippen LogP contribution in [0.4, 0.5) is 5.69 Å². The minimum Gasteiger partial charge on any atom is -0.350 e. The van der Waals surface area contributed by atoms with Gasteiger partial charge in [-0.25, -0.2) is 8.42 Å². The Kier molecular flexibility index (Phi) is 9.44. The number of hydrogen-bond acceptors (Lipinski definition) is 4. The molecule has 0 aromatic heterocycles. The van der Waals surface area contributed by atoms with Crippen LogP contribution in [-0.4, -0.2) is 49.5 Å². The molecule has 11 heteroatoms. The Bertz CT molecular complexity index is 1130. The highest BCUT2D eigenvalue weighted by Crippen LogP contribution is 2.27. The lowest BCUT2D eigenvalue weighted by Crippen LogP contribution is -2.54. The van der Waals surface area contributed by atoms with Crippen LogP contribution in [0.3, 0.4) is 0 Å². The van der Waals surface area contributed by atoms with Crippen molar-refractivity contribution in [2.24, 2.45) is 0 Å². The normalized spacial score (nSPS) is 12.7. The minimum atomic E-state index is -3.87. The van der Waals surface area contributed by atoms with Crippen LogP contribution in [-0.2, 0) is 26.2 Å². The van der Waals surface area contributed by atoms with E-state index in [1.807, 2.05) is 45.0 Å². The van der Waals surface area contributed by atoms with E-state index in [9.17, 15) is 18.0 Å². The Balaban J connectivity index is 2.43. The summed E-state index contributed by atoms with van der Waals surface area (Å²) in [5.41, 5.74) is 0.431. The Labute approximate surface area is 219 Å². The number of carbonyl (C=O) groups excluding carboxylic acids is 2. The molecule has 186 valence electrons. The van der Waals surface area contributed by atoms with Crippen molar-refractivity contribution in [1.29, 1.82) is 0 Å². The summed E-state index contributed by atoms with van der Waals surface area (Å²) in [5.74, 6) is -0.907. The van der Waals surface area contributed by atoms with Gasteiger partial charge in [-0.2, -0.15) is 0 Å². The quantitative estimate of drug-likeness (QED) is 0.474. The number of halogens is 3. The van der Waals surface area contributed by atoms with E-state index in [2.05, 4.69) is 21.2 Å².